The third-order valence-corrected chi connectivity index (χ3v) is 2.36. The molecule has 0 fully saturated rings. The lowest BCUT2D eigenvalue weighted by Gasteiger charge is -2.07. The molecule has 2 rings (SSSR count). The molecule has 0 saturated heterocycles. The molecule has 1 aromatic carbocycles. The Morgan fingerprint density at radius 2 is 1.88 bits per heavy atom. The second-order valence-corrected chi connectivity index (χ2v) is 3.33. The molecule has 0 amide bonds. The number of nitrogens with zero attached hydrogens (tertiary/aromatic N) is 2. The summed E-state index contributed by atoms with van der Waals surface area (Å²) < 4.78 is 5.10. The minimum Gasteiger partial charge on any atom is -0.481 e. The van der Waals surface area contributed by atoms with Gasteiger partial charge < -0.3 is 4.74 Å². The summed E-state index contributed by atoms with van der Waals surface area (Å²) in [7, 11) is 1.49. The van der Waals surface area contributed by atoms with E-state index >= 15 is 0 Å². The van der Waals surface area contributed by atoms with E-state index in [1.165, 1.54) is 13.2 Å². The first-order chi connectivity index (χ1) is 8.24. The number of para-hydroxylation sites is 1. The highest BCUT2D eigenvalue weighted by molar-refractivity contribution is 5.76. The second-order valence-electron chi connectivity index (χ2n) is 3.33. The minimum absolute atomic E-state index is 0.0406. The van der Waals surface area contributed by atoms with Gasteiger partial charge in [-0.15, -0.1) is 0 Å². The first-order valence-electron chi connectivity index (χ1n) is 4.97. The Labute approximate surface area is 97.8 Å². The lowest BCUT2D eigenvalue weighted by molar-refractivity contribution is -0.384. The summed E-state index contributed by atoms with van der Waals surface area (Å²) in [5, 5.41) is 10.9. The molecule has 0 saturated carbocycles. The Hall–Kier alpha value is -2.43. The lowest BCUT2D eigenvalue weighted by atomic mass is 10.1. The normalized spacial score (nSPS) is 9.94. The summed E-state index contributed by atoms with van der Waals surface area (Å²) in [6.45, 7) is 0. The summed E-state index contributed by atoms with van der Waals surface area (Å²) in [5.74, 6) is 0.377. The van der Waals surface area contributed by atoms with Crippen molar-refractivity contribution in [2.24, 2.45) is 0 Å². The van der Waals surface area contributed by atoms with Crippen molar-refractivity contribution in [3.63, 3.8) is 0 Å². The molecule has 0 spiro atoms. The smallest absolute Gasteiger partial charge is 0.277 e. The second kappa shape index (κ2) is 4.61. The highest BCUT2D eigenvalue weighted by Crippen LogP contribution is 2.34. The van der Waals surface area contributed by atoms with Crippen molar-refractivity contribution < 1.29 is 9.66 Å². The van der Waals surface area contributed by atoms with Crippen LogP contribution in [0.25, 0.3) is 11.1 Å². The van der Waals surface area contributed by atoms with E-state index in [1.807, 2.05) is 0 Å². The predicted octanol–water partition coefficient (Wildman–Crippen LogP) is 2.67. The van der Waals surface area contributed by atoms with E-state index in [0.29, 0.717) is 17.0 Å². The molecule has 86 valence electrons. The molecular formula is C12H10N2O3. The molecule has 0 bridgehead atoms. The van der Waals surface area contributed by atoms with Gasteiger partial charge in [0.25, 0.3) is 5.69 Å². The van der Waals surface area contributed by atoms with Crippen molar-refractivity contribution in [3.8, 4) is 17.0 Å². The fourth-order valence-corrected chi connectivity index (χ4v) is 1.62. The third-order valence-electron chi connectivity index (χ3n) is 2.36. The highest BCUT2D eigenvalue weighted by Gasteiger charge is 2.17. The Morgan fingerprint density at radius 3 is 2.59 bits per heavy atom. The third kappa shape index (κ3) is 2.08. The first-order valence-corrected chi connectivity index (χ1v) is 4.97. The van der Waals surface area contributed by atoms with Crippen molar-refractivity contribution in [2.75, 3.05) is 7.11 Å². The van der Waals surface area contributed by atoms with Crippen LogP contribution in [0.2, 0.25) is 0 Å². The zero-order valence-corrected chi connectivity index (χ0v) is 9.16. The maximum atomic E-state index is 10.9. The standard InChI is InChI=1S/C12H10N2O3/c1-17-12-10(6-4-8-13-12)9-5-2-3-7-11(9)14(15)16/h2-8H,1H3. The van der Waals surface area contributed by atoms with E-state index in [2.05, 4.69) is 4.98 Å². The number of pyridine rings is 1. The average Bonchev–Trinajstić information content (AvgIpc) is 2.38. The van der Waals surface area contributed by atoms with Gasteiger partial charge in [0, 0.05) is 12.3 Å². The highest BCUT2D eigenvalue weighted by atomic mass is 16.6. The Balaban J connectivity index is 2.64. The van der Waals surface area contributed by atoms with Crippen molar-refractivity contribution in [1.29, 1.82) is 0 Å². The number of aromatic nitrogens is 1. The van der Waals surface area contributed by atoms with Gasteiger partial charge in [-0.3, -0.25) is 10.1 Å². The van der Waals surface area contributed by atoms with Gasteiger partial charge in [-0.25, -0.2) is 4.98 Å². The maximum Gasteiger partial charge on any atom is 0.277 e. The van der Waals surface area contributed by atoms with Crippen molar-refractivity contribution >= 4 is 5.69 Å². The summed E-state index contributed by atoms with van der Waals surface area (Å²) in [5.41, 5.74) is 1.16. The number of hydrogen-bond acceptors (Lipinski definition) is 4. The van der Waals surface area contributed by atoms with Crippen LogP contribution in [0.1, 0.15) is 0 Å². The molecule has 0 aliphatic carbocycles. The summed E-state index contributed by atoms with van der Waals surface area (Å²) >= 11 is 0. The number of ether oxygens (including phenoxy) is 1. The quantitative estimate of drug-likeness (QED) is 0.600. The molecule has 17 heavy (non-hydrogen) atoms. The van der Waals surface area contributed by atoms with Gasteiger partial charge in [0.2, 0.25) is 5.88 Å². The first kappa shape index (κ1) is 11.1. The zero-order valence-electron chi connectivity index (χ0n) is 9.16. The molecule has 5 heteroatoms. The van der Waals surface area contributed by atoms with Crippen molar-refractivity contribution in [2.45, 2.75) is 0 Å². The van der Waals surface area contributed by atoms with E-state index in [9.17, 15) is 10.1 Å². The molecule has 2 aromatic rings. The van der Waals surface area contributed by atoms with Gasteiger partial charge in [-0.1, -0.05) is 12.1 Å². The van der Waals surface area contributed by atoms with Crippen molar-refractivity contribution in [3.05, 3.63) is 52.7 Å². The van der Waals surface area contributed by atoms with Gasteiger partial charge in [0.05, 0.1) is 23.2 Å². The molecular weight excluding hydrogens is 220 g/mol. The summed E-state index contributed by atoms with van der Waals surface area (Å²) in [6.07, 6.45) is 1.58. The van der Waals surface area contributed by atoms with Crippen LogP contribution in [0.15, 0.2) is 42.6 Å². The molecule has 0 N–H and O–H groups in total. The van der Waals surface area contributed by atoms with Gasteiger partial charge in [-0.05, 0) is 18.2 Å². The van der Waals surface area contributed by atoms with Crippen LogP contribution in [-0.4, -0.2) is 17.0 Å². The van der Waals surface area contributed by atoms with E-state index in [4.69, 9.17) is 4.74 Å². The number of benzene rings is 1. The van der Waals surface area contributed by atoms with E-state index in [1.54, 1.807) is 36.5 Å². The van der Waals surface area contributed by atoms with Crippen molar-refractivity contribution in [1.82, 2.24) is 4.98 Å². The van der Waals surface area contributed by atoms with E-state index in [-0.39, 0.29) is 5.69 Å². The SMILES string of the molecule is COc1ncccc1-c1ccccc1[N+](=O)[O-]. The number of rotatable bonds is 3. The van der Waals surface area contributed by atoms with E-state index in [0.717, 1.165) is 0 Å². The molecule has 0 atom stereocenters. The summed E-state index contributed by atoms with van der Waals surface area (Å²) in [4.78, 5) is 14.6. The number of nitro groups is 1. The van der Waals surface area contributed by atoms with Gasteiger partial charge in [0.15, 0.2) is 0 Å². The van der Waals surface area contributed by atoms with Crippen LogP contribution in [0.4, 0.5) is 5.69 Å². The number of methoxy groups -OCH3 is 1. The maximum absolute atomic E-state index is 10.9. The summed E-state index contributed by atoms with van der Waals surface area (Å²) in [6, 6.07) is 9.97. The molecule has 0 aliphatic rings. The van der Waals surface area contributed by atoms with Gasteiger partial charge >= 0.3 is 0 Å². The average molecular weight is 230 g/mol. The Kier molecular flexibility index (Phi) is 3.00. The van der Waals surface area contributed by atoms with E-state index < -0.39 is 4.92 Å². The van der Waals surface area contributed by atoms with Gasteiger partial charge in [-0.2, -0.15) is 0 Å². The Bertz CT molecular complexity index is 555. The number of nitro benzene ring substituents is 1. The van der Waals surface area contributed by atoms with Crippen LogP contribution in [0.3, 0.4) is 0 Å². The van der Waals surface area contributed by atoms with Gasteiger partial charge in [0.1, 0.15) is 0 Å². The van der Waals surface area contributed by atoms with Crippen LogP contribution >= 0.6 is 0 Å². The largest absolute Gasteiger partial charge is 0.481 e. The van der Waals surface area contributed by atoms with Crippen LogP contribution < -0.4 is 4.74 Å². The van der Waals surface area contributed by atoms with Crippen LogP contribution in [-0.2, 0) is 0 Å². The zero-order chi connectivity index (χ0) is 12.3. The molecule has 1 aromatic heterocycles. The lowest BCUT2D eigenvalue weighted by Crippen LogP contribution is -1.95. The molecule has 1 heterocycles. The van der Waals surface area contributed by atoms with Crippen LogP contribution in [0, 0.1) is 10.1 Å². The minimum atomic E-state index is -0.415. The monoisotopic (exact) mass is 230 g/mol. The molecule has 5 nitrogen and oxygen atoms in total. The fraction of sp³-hybridized carbons (Fsp3) is 0.0833. The molecule has 0 aliphatic heterocycles. The Morgan fingerprint density at radius 1 is 1.18 bits per heavy atom. The number of hydrogen-bond donors (Lipinski definition) is 0. The molecule has 0 radical (unpaired) electrons. The molecule has 0 unspecified atom stereocenters. The van der Waals surface area contributed by atoms with Crippen LogP contribution in [0.5, 0.6) is 5.88 Å². The predicted molar refractivity (Wildman–Crippen MR) is 62.9 cm³/mol. The topological polar surface area (TPSA) is 65.3 Å². The fourth-order valence-electron chi connectivity index (χ4n) is 1.62.